The molecule has 0 amide bonds. The highest BCUT2D eigenvalue weighted by Gasteiger charge is 2.16. The van der Waals surface area contributed by atoms with Crippen LogP contribution >= 0.6 is 0 Å². The van der Waals surface area contributed by atoms with E-state index in [1.807, 2.05) is 0 Å². The van der Waals surface area contributed by atoms with Crippen LogP contribution < -0.4 is 16.0 Å². The molecule has 8 bridgehead atoms. The first kappa shape index (κ1) is 13.7. The van der Waals surface area contributed by atoms with Crippen molar-refractivity contribution in [2.75, 3.05) is 0 Å². The lowest BCUT2D eigenvalue weighted by molar-refractivity contribution is 0.781. The molecule has 5 rings (SSSR count). The normalized spacial score (nSPS) is 29.2. The number of hydrogen-bond acceptors (Lipinski definition) is 2. The number of aromatic amines is 2. The number of aromatic nitrogens is 2. The Morgan fingerprint density at radius 3 is 2.67 bits per heavy atom. The summed E-state index contributed by atoms with van der Waals surface area (Å²) in [6, 6.07) is 8.94. The van der Waals surface area contributed by atoms with Gasteiger partial charge in [-0.1, -0.05) is 0 Å². The molecule has 3 aliphatic rings. The summed E-state index contributed by atoms with van der Waals surface area (Å²) in [5, 5.41) is 5.92. The first-order valence-corrected chi connectivity index (χ1v) is 8.63. The standard InChI is InChI=1S/C20H20N4/c1-2-14-10-16-5-6-18(23-16)12-20-8-7-19(24-20)11-17-4-3-15(22-17)9-13(1)21-14/h1-2,7-12,15,21-22,24H,3-6H2/b13-9-,14-10-,17-11-,18-12-. The van der Waals surface area contributed by atoms with Gasteiger partial charge in [-0.25, -0.2) is 0 Å². The predicted molar refractivity (Wildman–Crippen MR) is 98.5 cm³/mol. The molecule has 3 N–H and O–H groups in total. The lowest BCUT2D eigenvalue weighted by Gasteiger charge is -2.04. The molecule has 3 aliphatic heterocycles. The van der Waals surface area contributed by atoms with Gasteiger partial charge in [0.05, 0.1) is 0 Å². The van der Waals surface area contributed by atoms with Crippen LogP contribution in [0.25, 0.3) is 24.3 Å². The fourth-order valence-electron chi connectivity index (χ4n) is 3.67. The van der Waals surface area contributed by atoms with Crippen molar-refractivity contribution in [1.29, 1.82) is 0 Å². The zero-order valence-corrected chi connectivity index (χ0v) is 13.5. The minimum Gasteiger partial charge on any atom is -0.382 e. The Morgan fingerprint density at radius 1 is 0.833 bits per heavy atom. The lowest BCUT2D eigenvalue weighted by Crippen LogP contribution is -2.21. The van der Waals surface area contributed by atoms with Gasteiger partial charge in [0.15, 0.2) is 0 Å². The zero-order valence-electron chi connectivity index (χ0n) is 13.5. The van der Waals surface area contributed by atoms with Crippen LogP contribution in [0.3, 0.4) is 0 Å². The highest BCUT2D eigenvalue weighted by atomic mass is 15.0. The smallest absolute Gasteiger partial charge is 0.0468 e. The molecule has 4 nitrogen and oxygen atoms in total. The second kappa shape index (κ2) is 5.41. The first-order valence-electron chi connectivity index (χ1n) is 8.63. The van der Waals surface area contributed by atoms with Gasteiger partial charge in [0.25, 0.3) is 0 Å². The number of nitrogens with zero attached hydrogens (tertiary/aromatic N) is 1. The summed E-state index contributed by atoms with van der Waals surface area (Å²) in [6.07, 6.45) is 13.1. The van der Waals surface area contributed by atoms with Crippen molar-refractivity contribution in [2.45, 2.75) is 31.7 Å². The van der Waals surface area contributed by atoms with Gasteiger partial charge in [-0.2, -0.15) is 0 Å². The third-order valence-electron chi connectivity index (χ3n) is 4.84. The highest BCUT2D eigenvalue weighted by Crippen LogP contribution is 2.22. The van der Waals surface area contributed by atoms with E-state index >= 15 is 0 Å². The van der Waals surface area contributed by atoms with Crippen LogP contribution in [-0.2, 0) is 0 Å². The topological polar surface area (TPSA) is 56.0 Å². The maximum atomic E-state index is 4.77. The van der Waals surface area contributed by atoms with E-state index in [0.29, 0.717) is 6.04 Å². The Hall–Kier alpha value is -2.75. The van der Waals surface area contributed by atoms with E-state index in [9.17, 15) is 0 Å². The molecule has 0 spiro atoms. The minimum absolute atomic E-state index is 0.389. The number of fused-ring (bicyclic) bond motifs is 7. The highest BCUT2D eigenvalue weighted by molar-refractivity contribution is 6.11. The first-order chi connectivity index (χ1) is 11.8. The summed E-state index contributed by atoms with van der Waals surface area (Å²) >= 11 is 0. The summed E-state index contributed by atoms with van der Waals surface area (Å²) in [5.74, 6) is 0. The van der Waals surface area contributed by atoms with E-state index in [-0.39, 0.29) is 0 Å². The molecule has 1 saturated heterocycles. The van der Waals surface area contributed by atoms with Crippen molar-refractivity contribution in [2.24, 2.45) is 4.99 Å². The predicted octanol–water partition coefficient (Wildman–Crippen LogP) is 2.29. The van der Waals surface area contributed by atoms with Crippen molar-refractivity contribution in [3.05, 3.63) is 57.7 Å². The maximum Gasteiger partial charge on any atom is 0.0468 e. The summed E-state index contributed by atoms with van der Waals surface area (Å²) in [7, 11) is 0. The van der Waals surface area contributed by atoms with Crippen LogP contribution in [0, 0.1) is 0 Å². The van der Waals surface area contributed by atoms with E-state index in [2.05, 4.69) is 63.9 Å². The minimum atomic E-state index is 0.389. The second-order valence-corrected chi connectivity index (χ2v) is 6.75. The molecule has 0 radical (unpaired) electrons. The Balaban J connectivity index is 1.64. The van der Waals surface area contributed by atoms with Gasteiger partial charge in [-0.05, 0) is 74.3 Å². The average molecular weight is 316 g/mol. The van der Waals surface area contributed by atoms with Gasteiger partial charge in [-0.15, -0.1) is 0 Å². The molecule has 24 heavy (non-hydrogen) atoms. The van der Waals surface area contributed by atoms with Gasteiger partial charge in [0, 0.05) is 45.2 Å². The van der Waals surface area contributed by atoms with Crippen molar-refractivity contribution in [1.82, 2.24) is 15.3 Å². The Bertz CT molecular complexity index is 997. The van der Waals surface area contributed by atoms with E-state index in [1.54, 1.807) is 0 Å². The summed E-state index contributed by atoms with van der Waals surface area (Å²) in [4.78, 5) is 11.7. The summed E-state index contributed by atoms with van der Waals surface area (Å²) in [6.45, 7) is 0. The van der Waals surface area contributed by atoms with Gasteiger partial charge in [-0.3, -0.25) is 4.99 Å². The molecule has 1 fully saturated rings. The third kappa shape index (κ3) is 2.64. The zero-order chi connectivity index (χ0) is 15.9. The Morgan fingerprint density at radius 2 is 1.71 bits per heavy atom. The third-order valence-corrected chi connectivity index (χ3v) is 4.84. The molecular formula is C20H20N4. The van der Waals surface area contributed by atoms with Crippen LogP contribution in [0.2, 0.25) is 0 Å². The summed E-state index contributed by atoms with van der Waals surface area (Å²) < 4.78 is 0. The van der Waals surface area contributed by atoms with E-state index in [1.165, 1.54) is 11.0 Å². The SMILES string of the molecule is C1=C2/CCC(=N2)/C=c2/cc/c([nH]2)=C/C2CC/C(=C/c3ccc/1[nH]3)N2. The van der Waals surface area contributed by atoms with Gasteiger partial charge < -0.3 is 15.3 Å². The van der Waals surface area contributed by atoms with Crippen molar-refractivity contribution in [3.8, 4) is 0 Å². The quantitative estimate of drug-likeness (QED) is 0.686. The van der Waals surface area contributed by atoms with Crippen LogP contribution in [0.15, 0.2) is 40.7 Å². The van der Waals surface area contributed by atoms with Crippen LogP contribution in [-0.4, -0.2) is 21.7 Å². The molecule has 0 saturated carbocycles. The van der Waals surface area contributed by atoms with Crippen molar-refractivity contribution < 1.29 is 0 Å². The lowest BCUT2D eigenvalue weighted by atomic mass is 10.2. The molecule has 4 heteroatoms. The number of aliphatic imine (C=N–C) groups is 1. The monoisotopic (exact) mass is 316 g/mol. The molecule has 0 aliphatic carbocycles. The fourth-order valence-corrected chi connectivity index (χ4v) is 3.67. The number of allylic oxidation sites excluding steroid dienone is 2. The molecule has 2 aromatic heterocycles. The number of nitrogens with one attached hydrogen (secondary N) is 3. The second-order valence-electron chi connectivity index (χ2n) is 6.75. The molecule has 5 heterocycles. The van der Waals surface area contributed by atoms with Gasteiger partial charge >= 0.3 is 0 Å². The molecule has 1 atom stereocenters. The van der Waals surface area contributed by atoms with Gasteiger partial charge in [0.1, 0.15) is 0 Å². The van der Waals surface area contributed by atoms with Crippen molar-refractivity contribution >= 4 is 30.0 Å². The Labute approximate surface area is 140 Å². The number of hydrogen-bond donors (Lipinski definition) is 3. The van der Waals surface area contributed by atoms with E-state index < -0.39 is 0 Å². The van der Waals surface area contributed by atoms with Crippen molar-refractivity contribution in [3.63, 3.8) is 0 Å². The maximum absolute atomic E-state index is 4.77. The average Bonchev–Trinajstić information content (AvgIpc) is 3.32. The van der Waals surface area contributed by atoms with Crippen LogP contribution in [0.4, 0.5) is 0 Å². The molecular weight excluding hydrogens is 296 g/mol. The molecule has 2 aromatic rings. The summed E-state index contributed by atoms with van der Waals surface area (Å²) in [5.41, 5.74) is 5.86. The fraction of sp³-hybridized carbons (Fsp3) is 0.250. The number of H-pyrrole nitrogens is 2. The molecule has 1 unspecified atom stereocenters. The molecule has 120 valence electrons. The van der Waals surface area contributed by atoms with E-state index in [4.69, 9.17) is 4.99 Å². The molecule has 0 aromatic carbocycles. The van der Waals surface area contributed by atoms with Crippen LogP contribution in [0.1, 0.15) is 37.1 Å². The number of rotatable bonds is 0. The van der Waals surface area contributed by atoms with Gasteiger partial charge in [0.2, 0.25) is 0 Å². The largest absolute Gasteiger partial charge is 0.382 e. The van der Waals surface area contributed by atoms with E-state index in [0.717, 1.165) is 53.8 Å². The van der Waals surface area contributed by atoms with Crippen LogP contribution in [0.5, 0.6) is 0 Å². The Kier molecular flexibility index (Phi) is 3.08.